The smallest absolute Gasteiger partial charge is 0.276 e. The summed E-state index contributed by atoms with van der Waals surface area (Å²) < 4.78 is 11.3. The normalized spacial score (nSPS) is 10.6. The van der Waals surface area contributed by atoms with Gasteiger partial charge in [-0.1, -0.05) is 41.4 Å². The van der Waals surface area contributed by atoms with Gasteiger partial charge in [-0.3, -0.25) is 15.6 Å². The highest BCUT2D eigenvalue weighted by atomic mass is 35.5. The number of carbonyl (C=O) groups is 1. The number of hydrogen-bond donors (Lipinski definition) is 3. The number of halogens is 2. The molecule has 0 radical (unpaired) electrons. The van der Waals surface area contributed by atoms with Crippen molar-refractivity contribution in [3.8, 4) is 17.4 Å². The molecule has 0 spiro atoms. The van der Waals surface area contributed by atoms with Crippen molar-refractivity contribution in [2.45, 2.75) is 6.92 Å². The number of carbonyl (C=O) groups excluding carboxylic acids is 1. The van der Waals surface area contributed by atoms with Crippen molar-refractivity contribution in [2.24, 2.45) is 0 Å². The summed E-state index contributed by atoms with van der Waals surface area (Å²) in [5.74, 6) is 0.594. The second kappa shape index (κ2) is 9.76. The molecule has 1 amide bonds. The molecule has 0 unspecified atom stereocenters. The fourth-order valence-corrected chi connectivity index (χ4v) is 3.33. The van der Waals surface area contributed by atoms with Gasteiger partial charge in [0.05, 0.1) is 5.02 Å². The Balaban J connectivity index is 1.42. The maximum atomic E-state index is 12.1. The molecule has 9 nitrogen and oxygen atoms in total. The number of para-hydroxylation sites is 1. The molecule has 0 saturated heterocycles. The van der Waals surface area contributed by atoms with Crippen molar-refractivity contribution in [3.63, 3.8) is 0 Å². The van der Waals surface area contributed by atoms with Gasteiger partial charge < -0.3 is 15.2 Å². The number of nitrogen functional groups attached to an aromatic ring is 1. The SMILES string of the molecule is Cc1ccc2cccc(Oc3ncnc(NNC(=O)COc4ccc(Cl)cc4Cl)c3N)c2n1. The molecule has 11 heteroatoms. The maximum absolute atomic E-state index is 12.1. The highest BCUT2D eigenvalue weighted by Crippen LogP contribution is 2.32. The van der Waals surface area contributed by atoms with Gasteiger partial charge >= 0.3 is 0 Å². The summed E-state index contributed by atoms with van der Waals surface area (Å²) in [5, 5.41) is 1.67. The number of benzene rings is 2. The first-order valence-corrected chi connectivity index (χ1v) is 10.4. The lowest BCUT2D eigenvalue weighted by Crippen LogP contribution is -2.34. The summed E-state index contributed by atoms with van der Waals surface area (Å²) >= 11 is 11.9. The Hall–Kier alpha value is -3.82. The molecule has 4 aromatic rings. The Labute approximate surface area is 198 Å². The molecule has 0 aliphatic heterocycles. The van der Waals surface area contributed by atoms with Crippen LogP contribution in [0, 0.1) is 6.92 Å². The first-order chi connectivity index (χ1) is 15.9. The van der Waals surface area contributed by atoms with E-state index in [0.29, 0.717) is 27.1 Å². The summed E-state index contributed by atoms with van der Waals surface area (Å²) in [4.78, 5) is 24.8. The van der Waals surface area contributed by atoms with Crippen LogP contribution in [0.3, 0.4) is 0 Å². The van der Waals surface area contributed by atoms with Crippen molar-refractivity contribution in [2.75, 3.05) is 17.8 Å². The standard InChI is InChI=1S/C22H18Cl2N6O3/c1-12-5-6-13-3-2-4-17(20(13)28-12)33-22-19(25)21(26-11-27-22)30-29-18(31)10-32-16-8-7-14(23)9-15(16)24/h2-9,11H,10,25H2,1H3,(H,29,31)(H,26,27,30). The second-order valence-electron chi connectivity index (χ2n) is 6.86. The largest absolute Gasteiger partial charge is 0.482 e. The molecule has 168 valence electrons. The molecule has 0 fully saturated rings. The molecule has 0 aliphatic carbocycles. The van der Waals surface area contributed by atoms with E-state index in [1.54, 1.807) is 18.2 Å². The van der Waals surface area contributed by atoms with Gasteiger partial charge in [0.2, 0.25) is 5.88 Å². The number of rotatable bonds is 7. The van der Waals surface area contributed by atoms with E-state index in [-0.39, 0.29) is 24.0 Å². The topological polar surface area (TPSA) is 124 Å². The number of fused-ring (bicyclic) bond motifs is 1. The van der Waals surface area contributed by atoms with Crippen LogP contribution in [0.4, 0.5) is 11.5 Å². The number of nitrogens with one attached hydrogen (secondary N) is 2. The zero-order valence-electron chi connectivity index (χ0n) is 17.3. The third-order valence-electron chi connectivity index (χ3n) is 4.45. The second-order valence-corrected chi connectivity index (χ2v) is 7.70. The predicted octanol–water partition coefficient (Wildman–Crippen LogP) is 4.54. The third-order valence-corrected chi connectivity index (χ3v) is 4.98. The number of amides is 1. The first kappa shape index (κ1) is 22.4. The highest BCUT2D eigenvalue weighted by Gasteiger charge is 2.14. The van der Waals surface area contributed by atoms with Gasteiger partial charge in [-0.15, -0.1) is 0 Å². The minimum atomic E-state index is -0.491. The minimum absolute atomic E-state index is 0.101. The Bertz CT molecular complexity index is 1340. The Kier molecular flexibility index (Phi) is 6.62. The minimum Gasteiger partial charge on any atom is -0.482 e. The molecule has 2 aromatic heterocycles. The van der Waals surface area contributed by atoms with Gasteiger partial charge in [0.15, 0.2) is 18.2 Å². The lowest BCUT2D eigenvalue weighted by molar-refractivity contribution is -0.122. The Morgan fingerprint density at radius 3 is 2.76 bits per heavy atom. The lowest BCUT2D eigenvalue weighted by atomic mass is 10.2. The van der Waals surface area contributed by atoms with Crippen molar-refractivity contribution in [1.82, 2.24) is 20.4 Å². The van der Waals surface area contributed by atoms with Crippen LogP contribution in [-0.2, 0) is 4.79 Å². The highest BCUT2D eigenvalue weighted by molar-refractivity contribution is 6.35. The van der Waals surface area contributed by atoms with Crippen LogP contribution in [0.15, 0.2) is 54.9 Å². The molecule has 33 heavy (non-hydrogen) atoms. The monoisotopic (exact) mass is 484 g/mol. The molecule has 4 rings (SSSR count). The molecular weight excluding hydrogens is 467 g/mol. The summed E-state index contributed by atoms with van der Waals surface area (Å²) in [5.41, 5.74) is 12.9. The van der Waals surface area contributed by atoms with E-state index in [0.717, 1.165) is 11.1 Å². The van der Waals surface area contributed by atoms with E-state index in [9.17, 15) is 4.79 Å². The van der Waals surface area contributed by atoms with E-state index in [4.69, 9.17) is 38.4 Å². The molecule has 0 atom stereocenters. The average molecular weight is 485 g/mol. The molecule has 0 saturated carbocycles. The van der Waals surface area contributed by atoms with Gasteiger partial charge in [0, 0.05) is 16.1 Å². The van der Waals surface area contributed by atoms with Crippen LogP contribution in [0.25, 0.3) is 10.9 Å². The van der Waals surface area contributed by atoms with Gasteiger partial charge in [-0.2, -0.15) is 4.98 Å². The van der Waals surface area contributed by atoms with E-state index in [1.165, 1.54) is 12.4 Å². The maximum Gasteiger partial charge on any atom is 0.276 e. The molecule has 2 aromatic carbocycles. The predicted molar refractivity (Wildman–Crippen MR) is 127 cm³/mol. The van der Waals surface area contributed by atoms with Crippen molar-refractivity contribution in [3.05, 3.63) is 70.6 Å². The van der Waals surface area contributed by atoms with Crippen LogP contribution in [0.1, 0.15) is 5.69 Å². The van der Waals surface area contributed by atoms with Gasteiger partial charge in [-0.05, 0) is 37.3 Å². The quantitative estimate of drug-likeness (QED) is 0.326. The third kappa shape index (κ3) is 5.33. The number of anilines is 2. The van der Waals surface area contributed by atoms with E-state index >= 15 is 0 Å². The van der Waals surface area contributed by atoms with E-state index in [2.05, 4.69) is 25.8 Å². The number of hydrazine groups is 1. The summed E-state index contributed by atoms with van der Waals surface area (Å²) in [6, 6.07) is 14.1. The number of aromatic nitrogens is 3. The summed E-state index contributed by atoms with van der Waals surface area (Å²) in [6.07, 6.45) is 1.26. The van der Waals surface area contributed by atoms with Crippen LogP contribution in [0.5, 0.6) is 17.4 Å². The van der Waals surface area contributed by atoms with Crippen LogP contribution >= 0.6 is 23.2 Å². The number of nitrogens with two attached hydrogens (primary N) is 1. The van der Waals surface area contributed by atoms with Crippen molar-refractivity contribution < 1.29 is 14.3 Å². The Morgan fingerprint density at radius 2 is 1.94 bits per heavy atom. The van der Waals surface area contributed by atoms with Gasteiger partial charge in [0.25, 0.3) is 5.91 Å². The summed E-state index contributed by atoms with van der Waals surface area (Å²) in [7, 11) is 0. The number of nitrogens with zero attached hydrogens (tertiary/aromatic N) is 3. The van der Waals surface area contributed by atoms with Crippen LogP contribution < -0.4 is 26.1 Å². The molecular formula is C22H18Cl2N6O3. The number of pyridine rings is 1. The zero-order valence-corrected chi connectivity index (χ0v) is 18.8. The molecule has 2 heterocycles. The number of aryl methyl sites for hydroxylation is 1. The lowest BCUT2D eigenvalue weighted by Gasteiger charge is -2.13. The van der Waals surface area contributed by atoms with Crippen molar-refractivity contribution >= 4 is 51.5 Å². The van der Waals surface area contributed by atoms with E-state index in [1.807, 2.05) is 31.2 Å². The fourth-order valence-electron chi connectivity index (χ4n) is 2.86. The zero-order chi connectivity index (χ0) is 23.4. The van der Waals surface area contributed by atoms with Crippen molar-refractivity contribution in [1.29, 1.82) is 0 Å². The number of hydrogen-bond acceptors (Lipinski definition) is 8. The molecule has 0 aliphatic rings. The summed E-state index contributed by atoms with van der Waals surface area (Å²) in [6.45, 7) is 1.59. The number of ether oxygens (including phenoxy) is 2. The van der Waals surface area contributed by atoms with Crippen LogP contribution in [0.2, 0.25) is 10.0 Å². The van der Waals surface area contributed by atoms with Gasteiger partial charge in [0.1, 0.15) is 23.3 Å². The molecule has 4 N–H and O–H groups in total. The fraction of sp³-hybridized carbons (Fsp3) is 0.0909. The average Bonchev–Trinajstić information content (AvgIpc) is 2.79. The first-order valence-electron chi connectivity index (χ1n) is 9.68. The Morgan fingerprint density at radius 1 is 1.09 bits per heavy atom. The molecule has 0 bridgehead atoms. The van der Waals surface area contributed by atoms with Crippen LogP contribution in [-0.4, -0.2) is 27.5 Å². The van der Waals surface area contributed by atoms with Gasteiger partial charge in [-0.25, -0.2) is 9.97 Å². The van der Waals surface area contributed by atoms with E-state index < -0.39 is 5.91 Å².